The van der Waals surface area contributed by atoms with Crippen molar-refractivity contribution in [1.29, 1.82) is 0 Å². The van der Waals surface area contributed by atoms with Gasteiger partial charge in [0, 0.05) is 6.61 Å². The fourth-order valence-electron chi connectivity index (χ4n) is 1.11. The van der Waals surface area contributed by atoms with Gasteiger partial charge in [0.15, 0.2) is 8.32 Å². The van der Waals surface area contributed by atoms with Crippen LogP contribution in [-0.4, -0.2) is 14.9 Å². The minimum atomic E-state index is -1.34. The molecule has 0 aromatic heterocycles. The van der Waals surface area contributed by atoms with E-state index >= 15 is 0 Å². The summed E-state index contributed by atoms with van der Waals surface area (Å²) in [5.41, 5.74) is 0.786. The van der Waals surface area contributed by atoms with E-state index in [1.54, 1.807) is 0 Å². The molecule has 0 N–H and O–H groups in total. The molecule has 0 amide bonds. The van der Waals surface area contributed by atoms with E-state index < -0.39 is 8.32 Å². The smallest absolute Gasteiger partial charge is 0.189 e. The summed E-state index contributed by atoms with van der Waals surface area (Å²) in [5, 5.41) is 0. The van der Waals surface area contributed by atoms with E-state index in [1.807, 2.05) is 0 Å². The molecule has 1 atom stereocenters. The van der Waals surface area contributed by atoms with Crippen molar-refractivity contribution in [1.82, 2.24) is 0 Å². The molecule has 2 heteroatoms. The molecule has 0 spiro atoms. The molecule has 0 saturated heterocycles. The lowest BCUT2D eigenvalue weighted by Gasteiger charge is -2.28. The molecule has 1 nitrogen and oxygen atoms in total. The summed E-state index contributed by atoms with van der Waals surface area (Å²) in [5.74, 6) is 0. The molecular formula is C10H24OSi. The summed E-state index contributed by atoms with van der Waals surface area (Å²) < 4.78 is 5.96. The zero-order chi connectivity index (χ0) is 9.61. The second-order valence-corrected chi connectivity index (χ2v) is 8.60. The molecule has 0 rings (SSSR count). The monoisotopic (exact) mass is 188 g/mol. The van der Waals surface area contributed by atoms with Crippen molar-refractivity contribution in [2.75, 3.05) is 6.61 Å². The van der Waals surface area contributed by atoms with Crippen LogP contribution in [0.4, 0.5) is 0 Å². The first-order valence-electron chi connectivity index (χ1n) is 5.18. The van der Waals surface area contributed by atoms with E-state index in [2.05, 4.69) is 33.9 Å². The first-order chi connectivity index (χ1) is 5.54. The Kier molecular flexibility index (Phi) is 5.84. The third-order valence-corrected chi connectivity index (χ3v) is 6.50. The Hall–Kier alpha value is 0.177. The summed E-state index contributed by atoms with van der Waals surface area (Å²) in [6.45, 7) is 12.4. The van der Waals surface area contributed by atoms with Crippen LogP contribution in [0.2, 0.25) is 18.6 Å². The zero-order valence-electron chi connectivity index (χ0n) is 9.31. The summed E-state index contributed by atoms with van der Waals surface area (Å²) in [7, 11) is -1.34. The molecule has 0 aliphatic rings. The predicted molar refractivity (Wildman–Crippen MR) is 58.1 cm³/mol. The van der Waals surface area contributed by atoms with Crippen molar-refractivity contribution in [2.24, 2.45) is 0 Å². The van der Waals surface area contributed by atoms with Crippen molar-refractivity contribution in [3.8, 4) is 0 Å². The number of hydrogen-bond donors (Lipinski definition) is 0. The van der Waals surface area contributed by atoms with Gasteiger partial charge in [0.25, 0.3) is 0 Å². The highest BCUT2D eigenvalue weighted by Gasteiger charge is 2.28. The van der Waals surface area contributed by atoms with E-state index in [-0.39, 0.29) is 0 Å². The molecule has 0 saturated carbocycles. The Morgan fingerprint density at radius 1 is 1.25 bits per heavy atom. The van der Waals surface area contributed by atoms with Crippen molar-refractivity contribution in [3.63, 3.8) is 0 Å². The van der Waals surface area contributed by atoms with E-state index in [1.165, 1.54) is 19.3 Å². The highest BCUT2D eigenvalue weighted by molar-refractivity contribution is 6.72. The summed E-state index contributed by atoms with van der Waals surface area (Å²) in [6.07, 6.45) is 3.71. The number of unbranched alkanes of at least 4 members (excludes halogenated alkanes) is 1. The molecular weight excluding hydrogens is 164 g/mol. The third-order valence-electron chi connectivity index (χ3n) is 2.77. The van der Waals surface area contributed by atoms with Crippen molar-refractivity contribution < 1.29 is 4.43 Å². The molecule has 74 valence electrons. The highest BCUT2D eigenvalue weighted by Crippen LogP contribution is 2.25. The van der Waals surface area contributed by atoms with E-state index in [9.17, 15) is 0 Å². The Balaban J connectivity index is 3.70. The fraction of sp³-hybridized carbons (Fsp3) is 1.00. The highest BCUT2D eigenvalue weighted by atomic mass is 28.4. The molecule has 0 bridgehead atoms. The summed E-state index contributed by atoms with van der Waals surface area (Å²) >= 11 is 0. The minimum absolute atomic E-state index is 0.786. The van der Waals surface area contributed by atoms with Gasteiger partial charge in [-0.3, -0.25) is 0 Å². The van der Waals surface area contributed by atoms with Crippen LogP contribution in [0.1, 0.15) is 40.0 Å². The van der Waals surface area contributed by atoms with Gasteiger partial charge >= 0.3 is 0 Å². The van der Waals surface area contributed by atoms with Crippen LogP contribution in [0, 0.1) is 0 Å². The normalized spacial score (nSPS) is 14.8. The van der Waals surface area contributed by atoms with Crippen LogP contribution in [0.15, 0.2) is 0 Å². The second kappa shape index (κ2) is 5.76. The van der Waals surface area contributed by atoms with Crippen LogP contribution in [-0.2, 0) is 4.43 Å². The maximum Gasteiger partial charge on any atom is 0.189 e. The van der Waals surface area contributed by atoms with Gasteiger partial charge in [-0.2, -0.15) is 0 Å². The second-order valence-electron chi connectivity index (χ2n) is 4.11. The van der Waals surface area contributed by atoms with Crippen LogP contribution in [0.3, 0.4) is 0 Å². The molecule has 0 aromatic rings. The van der Waals surface area contributed by atoms with Gasteiger partial charge in [-0.05, 0) is 25.1 Å². The van der Waals surface area contributed by atoms with Gasteiger partial charge in [0.2, 0.25) is 0 Å². The minimum Gasteiger partial charge on any atom is -0.417 e. The average molecular weight is 188 g/mol. The van der Waals surface area contributed by atoms with Crippen molar-refractivity contribution in [3.05, 3.63) is 0 Å². The SMILES string of the molecule is CCCCO[Si](C)(C)C(C)CC. The molecule has 0 heterocycles. The van der Waals surface area contributed by atoms with Gasteiger partial charge in [-0.15, -0.1) is 0 Å². The summed E-state index contributed by atoms with van der Waals surface area (Å²) in [4.78, 5) is 0. The molecule has 0 aliphatic carbocycles. The average Bonchev–Trinajstić information content (AvgIpc) is 2.03. The quantitative estimate of drug-likeness (QED) is 0.455. The number of hydrogen-bond acceptors (Lipinski definition) is 1. The topological polar surface area (TPSA) is 9.23 Å². The first-order valence-corrected chi connectivity index (χ1v) is 8.17. The van der Waals surface area contributed by atoms with Crippen molar-refractivity contribution >= 4 is 8.32 Å². The van der Waals surface area contributed by atoms with Crippen LogP contribution >= 0.6 is 0 Å². The molecule has 0 aromatic carbocycles. The Bertz CT molecular complexity index is 112. The van der Waals surface area contributed by atoms with Gasteiger partial charge in [0.05, 0.1) is 0 Å². The molecule has 0 fully saturated rings. The lowest BCUT2D eigenvalue weighted by atomic mass is 10.4. The zero-order valence-corrected chi connectivity index (χ0v) is 10.3. The molecule has 12 heavy (non-hydrogen) atoms. The Morgan fingerprint density at radius 2 is 1.83 bits per heavy atom. The van der Waals surface area contributed by atoms with Gasteiger partial charge < -0.3 is 4.43 Å². The largest absolute Gasteiger partial charge is 0.417 e. The Morgan fingerprint density at radius 3 is 2.25 bits per heavy atom. The predicted octanol–water partition coefficient (Wildman–Crippen LogP) is 3.81. The van der Waals surface area contributed by atoms with Crippen molar-refractivity contribution in [2.45, 2.75) is 58.7 Å². The van der Waals surface area contributed by atoms with Gasteiger partial charge in [-0.25, -0.2) is 0 Å². The van der Waals surface area contributed by atoms with E-state index in [0.717, 1.165) is 12.1 Å². The maximum atomic E-state index is 5.96. The standard InChI is InChI=1S/C10H24OSi/c1-6-8-9-11-12(4,5)10(3)7-2/h10H,6-9H2,1-5H3. The van der Waals surface area contributed by atoms with E-state index in [4.69, 9.17) is 4.43 Å². The molecule has 0 radical (unpaired) electrons. The lowest BCUT2D eigenvalue weighted by molar-refractivity contribution is 0.291. The first kappa shape index (κ1) is 12.2. The van der Waals surface area contributed by atoms with Gasteiger partial charge in [0.1, 0.15) is 0 Å². The van der Waals surface area contributed by atoms with Crippen LogP contribution < -0.4 is 0 Å². The van der Waals surface area contributed by atoms with Crippen LogP contribution in [0.5, 0.6) is 0 Å². The van der Waals surface area contributed by atoms with Crippen LogP contribution in [0.25, 0.3) is 0 Å². The maximum absolute atomic E-state index is 5.96. The van der Waals surface area contributed by atoms with Gasteiger partial charge in [-0.1, -0.05) is 33.6 Å². The fourth-order valence-corrected chi connectivity index (χ4v) is 3.05. The lowest BCUT2D eigenvalue weighted by Crippen LogP contribution is -2.35. The van der Waals surface area contributed by atoms with E-state index in [0.29, 0.717) is 0 Å². The third kappa shape index (κ3) is 4.26. The molecule has 0 aliphatic heterocycles. The Labute approximate surface area is 78.6 Å². The number of rotatable bonds is 6. The summed E-state index contributed by atoms with van der Waals surface area (Å²) in [6, 6.07) is 0. The molecule has 1 unspecified atom stereocenters.